The van der Waals surface area contributed by atoms with E-state index >= 15 is 0 Å². The molecule has 1 aliphatic heterocycles. The molecule has 0 radical (unpaired) electrons. The Morgan fingerprint density at radius 2 is 2.05 bits per heavy atom. The maximum atomic E-state index is 13.4. The molecule has 19 heavy (non-hydrogen) atoms. The van der Waals surface area contributed by atoms with E-state index < -0.39 is 12.1 Å². The second kappa shape index (κ2) is 6.21. The first kappa shape index (κ1) is 14.8. The Bertz CT molecular complexity index is 321. The molecule has 0 aromatic carbocycles. The zero-order valence-electron chi connectivity index (χ0n) is 12.2. The molecule has 1 aliphatic carbocycles. The van der Waals surface area contributed by atoms with Crippen molar-refractivity contribution in [2.75, 3.05) is 6.54 Å². The van der Waals surface area contributed by atoms with Crippen LogP contribution in [-0.2, 0) is 9.53 Å². The van der Waals surface area contributed by atoms with Crippen molar-refractivity contribution in [1.82, 2.24) is 5.32 Å². The molecule has 2 unspecified atom stereocenters. The van der Waals surface area contributed by atoms with Gasteiger partial charge in [0.05, 0.1) is 12.2 Å². The Labute approximate surface area is 115 Å². The van der Waals surface area contributed by atoms with Gasteiger partial charge in [0.15, 0.2) is 6.17 Å². The summed E-state index contributed by atoms with van der Waals surface area (Å²) >= 11 is 0. The van der Waals surface area contributed by atoms with Crippen LogP contribution in [-0.4, -0.2) is 30.8 Å². The van der Waals surface area contributed by atoms with Crippen LogP contribution in [0.3, 0.4) is 0 Å². The van der Waals surface area contributed by atoms with Gasteiger partial charge in [0.25, 0.3) is 5.91 Å². The van der Waals surface area contributed by atoms with E-state index in [1.807, 2.05) is 0 Å². The number of alkyl halides is 1. The van der Waals surface area contributed by atoms with Gasteiger partial charge in [-0.2, -0.15) is 0 Å². The van der Waals surface area contributed by atoms with Gasteiger partial charge in [-0.25, -0.2) is 4.39 Å². The summed E-state index contributed by atoms with van der Waals surface area (Å²) < 4.78 is 19.6. The number of hydrogen-bond donors (Lipinski definition) is 1. The number of hydrogen-bond acceptors (Lipinski definition) is 2. The average Bonchev–Trinajstić information content (AvgIpc) is 2.33. The van der Waals surface area contributed by atoms with Crippen LogP contribution in [0.4, 0.5) is 4.39 Å². The molecular weight excluding hydrogens is 245 g/mol. The van der Waals surface area contributed by atoms with E-state index in [0.29, 0.717) is 24.3 Å². The summed E-state index contributed by atoms with van der Waals surface area (Å²) in [6.07, 6.45) is 2.38. The lowest BCUT2D eigenvalue weighted by atomic mass is 9.75. The molecule has 5 atom stereocenters. The molecule has 0 aromatic heterocycles. The molecule has 1 saturated carbocycles. The van der Waals surface area contributed by atoms with Crippen molar-refractivity contribution >= 4 is 5.91 Å². The number of halogens is 1. The van der Waals surface area contributed by atoms with Gasteiger partial charge < -0.3 is 10.1 Å². The fourth-order valence-corrected chi connectivity index (χ4v) is 3.37. The topological polar surface area (TPSA) is 38.3 Å². The van der Waals surface area contributed by atoms with Crippen molar-refractivity contribution in [1.29, 1.82) is 0 Å². The van der Waals surface area contributed by atoms with Crippen LogP contribution in [0.5, 0.6) is 0 Å². The highest BCUT2D eigenvalue weighted by atomic mass is 19.1. The minimum absolute atomic E-state index is 0.163. The summed E-state index contributed by atoms with van der Waals surface area (Å²) in [5.74, 6) is 1.35. The van der Waals surface area contributed by atoms with Gasteiger partial charge in [-0.05, 0) is 30.6 Å². The van der Waals surface area contributed by atoms with Crippen LogP contribution in [0.2, 0.25) is 0 Å². The normalized spacial score (nSPS) is 40.3. The Balaban J connectivity index is 1.93. The largest absolute Gasteiger partial charge is 0.373 e. The lowest BCUT2D eigenvalue weighted by molar-refractivity contribution is -0.137. The van der Waals surface area contributed by atoms with E-state index in [9.17, 15) is 9.18 Å². The predicted octanol–water partition coefficient (Wildman–Crippen LogP) is 2.69. The second-order valence-corrected chi connectivity index (χ2v) is 6.57. The van der Waals surface area contributed by atoms with Crippen molar-refractivity contribution in [2.45, 2.75) is 64.8 Å². The zero-order chi connectivity index (χ0) is 14.0. The van der Waals surface area contributed by atoms with Gasteiger partial charge in [0, 0.05) is 13.0 Å². The van der Waals surface area contributed by atoms with Gasteiger partial charge in [0.1, 0.15) is 0 Å². The van der Waals surface area contributed by atoms with Crippen molar-refractivity contribution in [3.63, 3.8) is 0 Å². The Kier molecular flexibility index (Phi) is 4.82. The van der Waals surface area contributed by atoms with Crippen LogP contribution >= 0.6 is 0 Å². The van der Waals surface area contributed by atoms with Crippen LogP contribution in [0.1, 0.15) is 46.5 Å². The van der Waals surface area contributed by atoms with Crippen LogP contribution in [0.25, 0.3) is 0 Å². The summed E-state index contributed by atoms with van der Waals surface area (Å²) in [5.41, 5.74) is 0. The number of ether oxygens (including phenoxy) is 1. The van der Waals surface area contributed by atoms with Crippen LogP contribution in [0, 0.1) is 17.8 Å². The van der Waals surface area contributed by atoms with Crippen molar-refractivity contribution in [2.24, 2.45) is 17.8 Å². The van der Waals surface area contributed by atoms with E-state index in [4.69, 9.17) is 4.74 Å². The van der Waals surface area contributed by atoms with Crippen molar-refractivity contribution in [3.05, 3.63) is 0 Å². The van der Waals surface area contributed by atoms with Gasteiger partial charge in [-0.15, -0.1) is 0 Å². The fourth-order valence-electron chi connectivity index (χ4n) is 3.37. The maximum absolute atomic E-state index is 13.4. The highest BCUT2D eigenvalue weighted by Gasteiger charge is 2.36. The standard InChI is InChI=1S/C15H26FNO2/c1-9(2)12-5-4-10(3)6-14(12)19-11-7-13(16)15(18)17-8-11/h9-14H,4-8H2,1-3H3,(H,17,18)/t10-,11?,12+,13?,14-/m1/s1. The third-order valence-electron chi connectivity index (χ3n) is 4.59. The molecule has 4 heteroatoms. The highest BCUT2D eigenvalue weighted by molar-refractivity contribution is 5.81. The number of amides is 1. The van der Waals surface area contributed by atoms with Gasteiger partial charge in [-0.3, -0.25) is 4.79 Å². The third kappa shape index (κ3) is 3.68. The lowest BCUT2D eigenvalue weighted by Gasteiger charge is -2.40. The van der Waals surface area contributed by atoms with Crippen molar-refractivity contribution < 1.29 is 13.9 Å². The predicted molar refractivity (Wildman–Crippen MR) is 72.5 cm³/mol. The third-order valence-corrected chi connectivity index (χ3v) is 4.59. The zero-order valence-corrected chi connectivity index (χ0v) is 12.2. The maximum Gasteiger partial charge on any atom is 0.254 e. The quantitative estimate of drug-likeness (QED) is 0.857. The van der Waals surface area contributed by atoms with Gasteiger partial charge in [-0.1, -0.05) is 27.2 Å². The van der Waals surface area contributed by atoms with E-state index in [1.165, 1.54) is 12.8 Å². The summed E-state index contributed by atoms with van der Waals surface area (Å²) in [4.78, 5) is 11.1. The van der Waals surface area contributed by atoms with Gasteiger partial charge >= 0.3 is 0 Å². The molecule has 0 spiro atoms. The molecule has 2 aliphatic rings. The number of rotatable bonds is 3. The monoisotopic (exact) mass is 271 g/mol. The number of piperidine rings is 1. The highest BCUT2D eigenvalue weighted by Crippen LogP contribution is 2.36. The Hall–Kier alpha value is -0.640. The summed E-state index contributed by atoms with van der Waals surface area (Å²) in [6.45, 7) is 7.18. The van der Waals surface area contributed by atoms with E-state index in [2.05, 4.69) is 26.1 Å². The second-order valence-electron chi connectivity index (χ2n) is 6.57. The average molecular weight is 271 g/mol. The van der Waals surface area contributed by atoms with E-state index in [-0.39, 0.29) is 18.6 Å². The Morgan fingerprint density at radius 3 is 2.68 bits per heavy atom. The first-order valence-electron chi connectivity index (χ1n) is 7.54. The molecular formula is C15H26FNO2. The molecule has 0 aromatic rings. The molecule has 110 valence electrons. The molecule has 1 saturated heterocycles. The van der Waals surface area contributed by atoms with Gasteiger partial charge in [0.2, 0.25) is 0 Å². The smallest absolute Gasteiger partial charge is 0.254 e. The molecule has 1 amide bonds. The molecule has 0 bridgehead atoms. The van der Waals surface area contributed by atoms with Crippen LogP contribution < -0.4 is 5.32 Å². The summed E-state index contributed by atoms with van der Waals surface area (Å²) in [7, 11) is 0. The first-order chi connectivity index (χ1) is 8.97. The fraction of sp³-hybridized carbons (Fsp3) is 0.933. The molecule has 2 rings (SSSR count). The summed E-state index contributed by atoms with van der Waals surface area (Å²) in [5, 5.41) is 2.59. The molecule has 2 fully saturated rings. The molecule has 1 N–H and O–H groups in total. The molecule has 1 heterocycles. The number of nitrogens with one attached hydrogen (secondary N) is 1. The Morgan fingerprint density at radius 1 is 1.32 bits per heavy atom. The first-order valence-corrected chi connectivity index (χ1v) is 7.54. The lowest BCUT2D eigenvalue weighted by Crippen LogP contribution is -2.49. The van der Waals surface area contributed by atoms with E-state index in [1.54, 1.807) is 0 Å². The van der Waals surface area contributed by atoms with Crippen molar-refractivity contribution in [3.8, 4) is 0 Å². The number of carbonyl (C=O) groups is 1. The summed E-state index contributed by atoms with van der Waals surface area (Å²) in [6, 6.07) is 0. The molecule has 3 nitrogen and oxygen atoms in total. The SMILES string of the molecule is CC(C)[C@@H]1CC[C@@H](C)C[C@H]1OC1CNC(=O)C(F)C1. The van der Waals surface area contributed by atoms with Crippen LogP contribution in [0.15, 0.2) is 0 Å². The minimum atomic E-state index is -1.41. The minimum Gasteiger partial charge on any atom is -0.373 e. The number of carbonyl (C=O) groups excluding carboxylic acids is 1. The van der Waals surface area contributed by atoms with E-state index in [0.717, 1.165) is 6.42 Å².